The number of hydrogen-bond acceptors (Lipinski definition) is 7. The van der Waals surface area contributed by atoms with Crippen LogP contribution in [0.2, 0.25) is 0 Å². The van der Waals surface area contributed by atoms with Crippen molar-refractivity contribution >= 4 is 34.9 Å². The fraction of sp³-hybridized carbons (Fsp3) is 0.371. The first-order valence-corrected chi connectivity index (χ1v) is 17.1. The second-order valence-electron chi connectivity index (χ2n) is 11.8. The molecule has 2 aromatic carbocycles. The summed E-state index contributed by atoms with van der Waals surface area (Å²) in [6.45, 7) is 5.07. The zero-order chi connectivity index (χ0) is 29.2. The van der Waals surface area contributed by atoms with Gasteiger partial charge in [0.2, 0.25) is 5.56 Å². The van der Waals surface area contributed by atoms with E-state index in [9.17, 15) is 4.79 Å². The second kappa shape index (κ2) is 12.8. The predicted molar refractivity (Wildman–Crippen MR) is 177 cm³/mol. The Labute approximate surface area is 262 Å². The molecule has 1 saturated carbocycles. The number of nitrogens with one attached hydrogen (secondary N) is 2. The van der Waals surface area contributed by atoms with Crippen molar-refractivity contribution in [1.82, 2.24) is 9.97 Å². The van der Waals surface area contributed by atoms with Crippen molar-refractivity contribution in [3.05, 3.63) is 88.5 Å². The number of ether oxygens (including phenoxy) is 1. The number of aryl methyl sites for hydroxylation is 1. The third-order valence-corrected chi connectivity index (χ3v) is 11.4. The molecule has 0 radical (unpaired) electrons. The van der Waals surface area contributed by atoms with E-state index in [1.807, 2.05) is 18.0 Å². The Balaban J connectivity index is 1.16. The normalized spacial score (nSPS) is 17.9. The molecule has 2 aliphatic heterocycles. The van der Waals surface area contributed by atoms with Crippen molar-refractivity contribution in [1.29, 1.82) is 0 Å². The molecule has 1 unspecified atom stereocenters. The third kappa shape index (κ3) is 6.37. The monoisotopic (exact) mass is 610 g/mol. The molecule has 43 heavy (non-hydrogen) atoms. The molecular weight excluding hydrogens is 573 g/mol. The fourth-order valence-electron chi connectivity index (χ4n) is 6.50. The molecule has 4 heterocycles. The van der Waals surface area contributed by atoms with E-state index in [2.05, 4.69) is 76.7 Å². The highest BCUT2D eigenvalue weighted by molar-refractivity contribution is 8.05. The molecule has 1 aliphatic carbocycles. The summed E-state index contributed by atoms with van der Waals surface area (Å²) >= 11 is 3.60. The summed E-state index contributed by atoms with van der Waals surface area (Å²) < 4.78 is 5.52. The number of benzene rings is 2. The zero-order valence-corrected chi connectivity index (χ0v) is 26.2. The maximum Gasteiger partial charge on any atom is 0.250 e. The van der Waals surface area contributed by atoms with Crippen molar-refractivity contribution in [2.24, 2.45) is 5.92 Å². The SMILES string of the molecule is Cc1ccc(C(Nc2ccc3c(c2)Sc2cccc(-c4cc(N5CCOCC5)cc(=O)[nH]4)c2S3)C2CCCCCC2)nc1. The lowest BCUT2D eigenvalue weighted by atomic mass is 9.89. The summed E-state index contributed by atoms with van der Waals surface area (Å²) in [5.41, 5.74) is 6.28. The van der Waals surface area contributed by atoms with E-state index in [0.29, 0.717) is 19.1 Å². The van der Waals surface area contributed by atoms with Crippen molar-refractivity contribution in [3.8, 4) is 11.3 Å². The highest BCUT2D eigenvalue weighted by Crippen LogP contribution is 2.52. The van der Waals surface area contributed by atoms with E-state index in [-0.39, 0.29) is 11.6 Å². The van der Waals surface area contributed by atoms with Gasteiger partial charge in [0.15, 0.2) is 0 Å². The Morgan fingerprint density at radius 2 is 1.77 bits per heavy atom. The number of fused-ring (bicyclic) bond motifs is 2. The summed E-state index contributed by atoms with van der Waals surface area (Å²) in [4.78, 5) is 27.8. The van der Waals surface area contributed by atoms with Gasteiger partial charge in [0.05, 0.1) is 30.6 Å². The van der Waals surface area contributed by atoms with Crippen molar-refractivity contribution in [3.63, 3.8) is 0 Å². The highest BCUT2D eigenvalue weighted by atomic mass is 32.2. The van der Waals surface area contributed by atoms with E-state index >= 15 is 0 Å². The number of anilines is 2. The average Bonchev–Trinajstić information content (AvgIpc) is 3.33. The molecule has 2 N–H and O–H groups in total. The predicted octanol–water partition coefficient (Wildman–Crippen LogP) is 8.32. The van der Waals surface area contributed by atoms with Gasteiger partial charge in [-0.1, -0.05) is 67.4 Å². The third-order valence-electron chi connectivity index (χ3n) is 8.80. The molecule has 2 aromatic heterocycles. The van der Waals surface area contributed by atoms with Crippen molar-refractivity contribution in [2.75, 3.05) is 36.5 Å². The molecular formula is C35H38N4O2S2. The smallest absolute Gasteiger partial charge is 0.250 e. The highest BCUT2D eigenvalue weighted by Gasteiger charge is 2.27. The van der Waals surface area contributed by atoms with Crippen LogP contribution in [0.1, 0.15) is 55.8 Å². The van der Waals surface area contributed by atoms with Gasteiger partial charge in [0.1, 0.15) is 0 Å². The Morgan fingerprint density at radius 1 is 0.930 bits per heavy atom. The number of morpholine rings is 1. The van der Waals surface area contributed by atoms with Gasteiger partial charge in [0, 0.05) is 61.9 Å². The van der Waals surface area contributed by atoms with Crippen LogP contribution in [0.15, 0.2) is 91.2 Å². The molecule has 0 amide bonds. The number of aromatic amines is 1. The van der Waals surface area contributed by atoms with Crippen LogP contribution in [0, 0.1) is 12.8 Å². The van der Waals surface area contributed by atoms with E-state index in [1.165, 1.54) is 63.7 Å². The molecule has 1 saturated heterocycles. The molecule has 1 atom stereocenters. The van der Waals surface area contributed by atoms with Gasteiger partial charge in [-0.25, -0.2) is 0 Å². The molecule has 3 aliphatic rings. The number of nitrogens with zero attached hydrogens (tertiary/aromatic N) is 2. The van der Waals surface area contributed by atoms with Gasteiger partial charge in [-0.2, -0.15) is 0 Å². The fourth-order valence-corrected chi connectivity index (χ4v) is 8.92. The first-order chi connectivity index (χ1) is 21.1. The van der Waals surface area contributed by atoms with Crippen molar-refractivity contribution < 1.29 is 4.74 Å². The molecule has 7 rings (SSSR count). The molecule has 4 aromatic rings. The standard InChI is InChI=1S/C35H38N4O2S2/c1-23-11-13-28(36-22-23)34(24-7-4-2-3-5-8-24)37-25-12-14-30-32(19-25)42-31-10-6-9-27(35(31)43-30)29-20-26(21-33(40)38-29)39-15-17-41-18-16-39/h6,9-14,19-22,24,34,37H,2-5,7-8,15-18H2,1H3,(H,38,40). The van der Waals surface area contributed by atoms with E-state index in [0.717, 1.165) is 41.4 Å². The van der Waals surface area contributed by atoms with Crippen LogP contribution in [0.25, 0.3) is 11.3 Å². The van der Waals surface area contributed by atoms with Crippen LogP contribution in [0.3, 0.4) is 0 Å². The summed E-state index contributed by atoms with van der Waals surface area (Å²) in [6.07, 6.45) is 9.75. The number of pyridine rings is 2. The van der Waals surface area contributed by atoms with Crippen molar-refractivity contribution in [2.45, 2.75) is 71.1 Å². The van der Waals surface area contributed by atoms with Crippen LogP contribution >= 0.6 is 23.5 Å². The van der Waals surface area contributed by atoms with Crippen LogP contribution in [0.5, 0.6) is 0 Å². The maximum absolute atomic E-state index is 12.7. The van der Waals surface area contributed by atoms with Gasteiger partial charge >= 0.3 is 0 Å². The van der Waals surface area contributed by atoms with Gasteiger partial charge in [0.25, 0.3) is 0 Å². The Hall–Kier alpha value is -3.20. The lowest BCUT2D eigenvalue weighted by Gasteiger charge is -2.29. The summed E-state index contributed by atoms with van der Waals surface area (Å²) in [6, 6.07) is 21.6. The number of hydrogen-bond donors (Lipinski definition) is 2. The van der Waals surface area contributed by atoms with Gasteiger partial charge < -0.3 is 19.9 Å². The lowest BCUT2D eigenvalue weighted by molar-refractivity contribution is 0.122. The molecule has 8 heteroatoms. The van der Waals surface area contributed by atoms with Crippen LogP contribution in [-0.2, 0) is 4.74 Å². The number of H-pyrrole nitrogens is 1. The Morgan fingerprint density at radius 3 is 2.56 bits per heavy atom. The number of aromatic nitrogens is 2. The lowest BCUT2D eigenvalue weighted by Crippen LogP contribution is -2.36. The first kappa shape index (κ1) is 28.6. The second-order valence-corrected chi connectivity index (χ2v) is 14.0. The van der Waals surface area contributed by atoms with Crippen LogP contribution in [-0.4, -0.2) is 36.3 Å². The first-order valence-electron chi connectivity index (χ1n) is 15.5. The van der Waals surface area contributed by atoms with Gasteiger partial charge in [-0.15, -0.1) is 0 Å². The molecule has 6 nitrogen and oxygen atoms in total. The largest absolute Gasteiger partial charge is 0.378 e. The van der Waals surface area contributed by atoms with Crippen LogP contribution < -0.4 is 15.8 Å². The van der Waals surface area contributed by atoms with E-state index < -0.39 is 0 Å². The Bertz CT molecular complexity index is 1640. The summed E-state index contributed by atoms with van der Waals surface area (Å²) in [5, 5.41) is 3.93. The molecule has 222 valence electrons. The average molecular weight is 611 g/mol. The minimum atomic E-state index is -0.0764. The number of rotatable bonds is 6. The van der Waals surface area contributed by atoms with E-state index in [4.69, 9.17) is 9.72 Å². The van der Waals surface area contributed by atoms with E-state index in [1.54, 1.807) is 17.8 Å². The molecule has 2 fully saturated rings. The minimum Gasteiger partial charge on any atom is -0.378 e. The topological polar surface area (TPSA) is 70.2 Å². The zero-order valence-electron chi connectivity index (χ0n) is 24.6. The summed E-state index contributed by atoms with van der Waals surface area (Å²) in [5.74, 6) is 0.578. The quantitative estimate of drug-likeness (QED) is 0.187. The molecule has 0 spiro atoms. The van der Waals surface area contributed by atoms with Crippen LogP contribution in [0.4, 0.5) is 11.4 Å². The minimum absolute atomic E-state index is 0.0764. The van der Waals surface area contributed by atoms with Gasteiger partial charge in [-0.3, -0.25) is 9.78 Å². The summed E-state index contributed by atoms with van der Waals surface area (Å²) in [7, 11) is 0. The maximum atomic E-state index is 12.7. The Kier molecular flexibility index (Phi) is 8.51. The molecule has 0 bridgehead atoms. The van der Waals surface area contributed by atoms with Gasteiger partial charge in [-0.05, 0) is 67.6 Å².